The maximum Gasteiger partial charge on any atom is 0.354 e. The topological polar surface area (TPSA) is 89.1 Å². The van der Waals surface area contributed by atoms with Gasteiger partial charge in [-0.25, -0.2) is 19.7 Å². The average molecular weight is 299 g/mol. The van der Waals surface area contributed by atoms with Crippen molar-refractivity contribution in [1.82, 2.24) is 15.0 Å². The summed E-state index contributed by atoms with van der Waals surface area (Å²) in [5, 5.41) is 8.97. The van der Waals surface area contributed by atoms with E-state index in [2.05, 4.69) is 15.0 Å². The Morgan fingerprint density at radius 2 is 1.86 bits per heavy atom. The summed E-state index contributed by atoms with van der Waals surface area (Å²) < 4.78 is 5.51. The first-order valence-electron chi connectivity index (χ1n) is 6.98. The van der Waals surface area contributed by atoms with Crippen LogP contribution in [0.1, 0.15) is 35.8 Å². The van der Waals surface area contributed by atoms with Gasteiger partial charge >= 0.3 is 5.97 Å². The number of rotatable bonds is 2. The Morgan fingerprint density at radius 3 is 2.55 bits per heavy atom. The van der Waals surface area contributed by atoms with Gasteiger partial charge in [-0.05, 0) is 30.7 Å². The Kier molecular flexibility index (Phi) is 4.50. The van der Waals surface area contributed by atoms with Crippen molar-refractivity contribution in [3.63, 3.8) is 0 Å². The summed E-state index contributed by atoms with van der Waals surface area (Å²) in [5.41, 5.74) is 3.68. The zero-order chi connectivity index (χ0) is 16.3. The van der Waals surface area contributed by atoms with Gasteiger partial charge in [-0.3, -0.25) is 0 Å². The molecule has 0 saturated heterocycles. The molecule has 3 aromatic rings. The molecule has 0 bridgehead atoms. The standard InChI is InChI=1S/C14H11N3O3.C2H6/c1-7-3-9(4-11-13(7)20-8(2)17-11)10-5-12(14(18)19)16-6-15-10;1-2/h3-6H,1-2H3,(H,18,19);1-2H3. The van der Waals surface area contributed by atoms with Crippen LogP contribution < -0.4 is 0 Å². The van der Waals surface area contributed by atoms with Crippen molar-refractivity contribution < 1.29 is 14.3 Å². The van der Waals surface area contributed by atoms with E-state index in [4.69, 9.17) is 9.52 Å². The van der Waals surface area contributed by atoms with E-state index < -0.39 is 5.97 Å². The predicted octanol–water partition coefficient (Wildman–Crippen LogP) is 3.63. The molecule has 3 rings (SSSR count). The molecule has 2 aromatic heterocycles. The minimum absolute atomic E-state index is 0.0379. The van der Waals surface area contributed by atoms with Crippen LogP contribution in [0.3, 0.4) is 0 Å². The zero-order valence-corrected chi connectivity index (χ0v) is 12.9. The highest BCUT2D eigenvalue weighted by Gasteiger charge is 2.12. The first-order valence-corrected chi connectivity index (χ1v) is 6.98. The van der Waals surface area contributed by atoms with Crippen LogP contribution in [0, 0.1) is 13.8 Å². The molecular formula is C16H17N3O3. The third kappa shape index (κ3) is 2.95. The van der Waals surface area contributed by atoms with Crippen LogP contribution in [0.5, 0.6) is 0 Å². The molecular weight excluding hydrogens is 282 g/mol. The van der Waals surface area contributed by atoms with E-state index in [0.717, 1.165) is 22.2 Å². The van der Waals surface area contributed by atoms with Crippen LogP contribution in [-0.4, -0.2) is 26.0 Å². The number of hydrogen-bond acceptors (Lipinski definition) is 5. The molecule has 0 spiro atoms. The molecule has 1 aromatic carbocycles. The highest BCUT2D eigenvalue weighted by atomic mass is 16.4. The molecule has 2 heterocycles. The lowest BCUT2D eigenvalue weighted by Crippen LogP contribution is -2.01. The first-order chi connectivity index (χ1) is 10.5. The molecule has 0 radical (unpaired) electrons. The summed E-state index contributed by atoms with van der Waals surface area (Å²) in [4.78, 5) is 23.1. The second kappa shape index (κ2) is 6.34. The molecule has 6 nitrogen and oxygen atoms in total. The number of aryl methyl sites for hydroxylation is 2. The van der Waals surface area contributed by atoms with Crippen molar-refractivity contribution in [3.8, 4) is 11.3 Å². The van der Waals surface area contributed by atoms with E-state index in [0.29, 0.717) is 11.6 Å². The maximum atomic E-state index is 10.9. The fraction of sp³-hybridized carbons (Fsp3) is 0.250. The van der Waals surface area contributed by atoms with E-state index in [1.54, 1.807) is 6.92 Å². The van der Waals surface area contributed by atoms with Crippen LogP contribution in [0.4, 0.5) is 0 Å². The number of fused-ring (bicyclic) bond motifs is 1. The first kappa shape index (κ1) is 15.6. The Labute approximate surface area is 127 Å². The molecule has 6 heteroatoms. The molecule has 114 valence electrons. The van der Waals surface area contributed by atoms with E-state index in [9.17, 15) is 4.79 Å². The molecule has 1 N–H and O–H groups in total. The van der Waals surface area contributed by atoms with Gasteiger partial charge in [-0.1, -0.05) is 13.8 Å². The average Bonchev–Trinajstić information content (AvgIpc) is 2.90. The van der Waals surface area contributed by atoms with Gasteiger partial charge < -0.3 is 9.52 Å². The van der Waals surface area contributed by atoms with Crippen molar-refractivity contribution in [3.05, 3.63) is 41.7 Å². The van der Waals surface area contributed by atoms with Crippen molar-refractivity contribution in [2.75, 3.05) is 0 Å². The lowest BCUT2D eigenvalue weighted by atomic mass is 10.1. The lowest BCUT2D eigenvalue weighted by Gasteiger charge is -2.03. The quantitative estimate of drug-likeness (QED) is 0.777. The SMILES string of the molecule is CC.Cc1nc2cc(-c3cc(C(=O)O)ncn3)cc(C)c2o1. The number of aromatic nitrogens is 3. The molecule has 22 heavy (non-hydrogen) atoms. The molecule has 0 unspecified atom stereocenters. The smallest absolute Gasteiger partial charge is 0.354 e. The molecule has 0 fully saturated rings. The fourth-order valence-electron chi connectivity index (χ4n) is 2.09. The third-order valence-electron chi connectivity index (χ3n) is 2.96. The Balaban J connectivity index is 0.000000847. The highest BCUT2D eigenvalue weighted by molar-refractivity contribution is 5.87. The molecule has 0 aliphatic carbocycles. The van der Waals surface area contributed by atoms with Crippen LogP contribution in [0.15, 0.2) is 28.9 Å². The van der Waals surface area contributed by atoms with Crippen LogP contribution in [0.25, 0.3) is 22.4 Å². The summed E-state index contributed by atoms with van der Waals surface area (Å²) in [7, 11) is 0. The maximum absolute atomic E-state index is 10.9. The van der Waals surface area contributed by atoms with Crippen LogP contribution in [0.2, 0.25) is 0 Å². The summed E-state index contributed by atoms with van der Waals surface area (Å²) in [5.74, 6) is -0.488. The number of aromatic carboxylic acids is 1. The Hall–Kier alpha value is -2.76. The Bertz CT molecular complexity index is 825. The van der Waals surface area contributed by atoms with Crippen molar-refractivity contribution in [1.29, 1.82) is 0 Å². The number of carbonyl (C=O) groups is 1. The lowest BCUT2D eigenvalue weighted by molar-refractivity contribution is 0.0690. The second-order valence-electron chi connectivity index (χ2n) is 4.47. The van der Waals surface area contributed by atoms with Gasteiger partial charge in [0.1, 0.15) is 11.8 Å². The van der Waals surface area contributed by atoms with Gasteiger partial charge in [0, 0.05) is 12.5 Å². The molecule has 0 amide bonds. The van der Waals surface area contributed by atoms with E-state index in [1.807, 2.05) is 32.9 Å². The van der Waals surface area contributed by atoms with Crippen LogP contribution >= 0.6 is 0 Å². The monoisotopic (exact) mass is 299 g/mol. The number of oxazole rings is 1. The van der Waals surface area contributed by atoms with Crippen molar-refractivity contribution >= 4 is 17.1 Å². The van der Waals surface area contributed by atoms with Gasteiger partial charge in [0.05, 0.1) is 5.69 Å². The molecule has 0 aliphatic heterocycles. The summed E-state index contributed by atoms with van der Waals surface area (Å²) in [6, 6.07) is 5.16. The summed E-state index contributed by atoms with van der Waals surface area (Å²) >= 11 is 0. The van der Waals surface area contributed by atoms with Gasteiger partial charge in [0.15, 0.2) is 17.2 Å². The Morgan fingerprint density at radius 1 is 1.14 bits per heavy atom. The van der Waals surface area contributed by atoms with Crippen molar-refractivity contribution in [2.45, 2.75) is 27.7 Å². The summed E-state index contributed by atoms with van der Waals surface area (Å²) in [6.07, 6.45) is 1.24. The van der Waals surface area contributed by atoms with E-state index in [-0.39, 0.29) is 5.69 Å². The number of hydrogen-bond donors (Lipinski definition) is 1. The van der Waals surface area contributed by atoms with Gasteiger partial charge in [-0.15, -0.1) is 0 Å². The molecule has 0 atom stereocenters. The molecule has 0 aliphatic rings. The summed E-state index contributed by atoms with van der Waals surface area (Å²) in [6.45, 7) is 7.70. The largest absolute Gasteiger partial charge is 0.477 e. The van der Waals surface area contributed by atoms with Crippen molar-refractivity contribution in [2.24, 2.45) is 0 Å². The van der Waals surface area contributed by atoms with E-state index >= 15 is 0 Å². The third-order valence-corrected chi connectivity index (χ3v) is 2.96. The van der Waals surface area contributed by atoms with E-state index in [1.165, 1.54) is 12.4 Å². The highest BCUT2D eigenvalue weighted by Crippen LogP contribution is 2.26. The second-order valence-corrected chi connectivity index (χ2v) is 4.47. The predicted molar refractivity (Wildman–Crippen MR) is 82.8 cm³/mol. The number of carboxylic acids is 1. The van der Waals surface area contributed by atoms with Gasteiger partial charge in [0.2, 0.25) is 0 Å². The zero-order valence-electron chi connectivity index (χ0n) is 12.9. The molecule has 0 saturated carbocycles. The van der Waals surface area contributed by atoms with Gasteiger partial charge in [0.25, 0.3) is 0 Å². The number of benzene rings is 1. The fourth-order valence-corrected chi connectivity index (χ4v) is 2.09. The number of nitrogens with zero attached hydrogens (tertiary/aromatic N) is 3. The normalized spacial score (nSPS) is 10.2. The number of carboxylic acid groups (broad SMARTS) is 1. The minimum atomic E-state index is -1.08. The minimum Gasteiger partial charge on any atom is -0.477 e. The van der Waals surface area contributed by atoms with Gasteiger partial charge in [-0.2, -0.15) is 0 Å². The van der Waals surface area contributed by atoms with Crippen LogP contribution in [-0.2, 0) is 0 Å².